The highest BCUT2D eigenvalue weighted by Gasteiger charge is 2.61. The number of nitrogens with one attached hydrogen (secondary N) is 4. The second kappa shape index (κ2) is 18.3. The predicted octanol–water partition coefficient (Wildman–Crippen LogP) is 1.91. The minimum atomic E-state index is -3.20. The van der Waals surface area contributed by atoms with Crippen LogP contribution in [-0.2, 0) is 35.2 Å². The van der Waals surface area contributed by atoms with Crippen molar-refractivity contribution in [2.75, 3.05) is 6.54 Å². The van der Waals surface area contributed by atoms with E-state index in [1.54, 1.807) is 65.0 Å². The Bertz CT molecular complexity index is 1730. The van der Waals surface area contributed by atoms with Crippen molar-refractivity contribution in [2.45, 2.75) is 103 Å². The first-order valence-electron chi connectivity index (χ1n) is 18.4. The number of ketones is 1. The van der Waals surface area contributed by atoms with Crippen molar-refractivity contribution >= 4 is 41.3 Å². The van der Waals surface area contributed by atoms with Crippen molar-refractivity contribution in [1.29, 1.82) is 0 Å². The van der Waals surface area contributed by atoms with E-state index in [0.717, 1.165) is 4.90 Å². The molecule has 1 aliphatic carbocycles. The smallest absolute Gasteiger partial charge is 0.326 e. The van der Waals surface area contributed by atoms with Gasteiger partial charge in [-0.1, -0.05) is 71.4 Å². The summed E-state index contributed by atoms with van der Waals surface area (Å²) in [6.07, 6.45) is 3.44. The molecule has 4 rings (SSSR count). The molecule has 0 radical (unpaired) electrons. The summed E-state index contributed by atoms with van der Waals surface area (Å²) in [7, 11) is 0. The van der Waals surface area contributed by atoms with Gasteiger partial charge in [-0.25, -0.2) is 18.6 Å². The molecule has 2 heterocycles. The first-order chi connectivity index (χ1) is 26.0. The molecule has 298 valence electrons. The van der Waals surface area contributed by atoms with Crippen LogP contribution in [0.25, 0.3) is 0 Å². The maximum absolute atomic E-state index is 15.2. The molecule has 7 atom stereocenters. The minimum absolute atomic E-state index is 0.0398. The topological polar surface area (TPSA) is 217 Å². The highest BCUT2D eigenvalue weighted by atomic mass is 19.3. The Morgan fingerprint density at radius 3 is 2.16 bits per heavy atom. The Morgan fingerprint density at radius 1 is 0.909 bits per heavy atom. The van der Waals surface area contributed by atoms with E-state index in [9.17, 15) is 38.7 Å². The third-order valence-corrected chi connectivity index (χ3v) is 10.1. The molecule has 1 aromatic heterocycles. The van der Waals surface area contributed by atoms with E-state index in [0.29, 0.717) is 12.0 Å². The van der Waals surface area contributed by atoms with Crippen molar-refractivity contribution in [2.24, 2.45) is 23.7 Å². The number of hydrogen-bond donors (Lipinski definition) is 5. The minimum Gasteiger partial charge on any atom is -0.480 e. The zero-order chi connectivity index (χ0) is 40.6. The summed E-state index contributed by atoms with van der Waals surface area (Å²) in [6.45, 7) is 7.80. The van der Waals surface area contributed by atoms with Gasteiger partial charge < -0.3 is 31.3 Å². The van der Waals surface area contributed by atoms with Crippen LogP contribution >= 0.6 is 0 Å². The lowest BCUT2D eigenvalue weighted by Gasteiger charge is -2.34. The molecule has 2 fully saturated rings. The van der Waals surface area contributed by atoms with Crippen LogP contribution in [0.15, 0.2) is 48.9 Å². The molecule has 0 spiro atoms. The number of carboxylic acids is 1. The number of aromatic nitrogens is 2. The van der Waals surface area contributed by atoms with Crippen LogP contribution in [0, 0.1) is 23.7 Å². The molecule has 1 saturated heterocycles. The van der Waals surface area contributed by atoms with Crippen molar-refractivity contribution in [3.63, 3.8) is 0 Å². The molecule has 17 heteroatoms. The van der Waals surface area contributed by atoms with Gasteiger partial charge in [-0.3, -0.25) is 33.8 Å². The molecule has 15 nitrogen and oxygen atoms in total. The second-order valence-electron chi connectivity index (χ2n) is 14.8. The monoisotopic (exact) mass is 769 g/mol. The lowest BCUT2D eigenvalue weighted by molar-refractivity contribution is -0.146. The Balaban J connectivity index is 1.54. The molecule has 5 amide bonds. The molecule has 1 saturated carbocycles. The first-order valence-corrected chi connectivity index (χ1v) is 18.4. The van der Waals surface area contributed by atoms with Crippen molar-refractivity contribution in [1.82, 2.24) is 36.1 Å². The molecule has 2 aliphatic rings. The van der Waals surface area contributed by atoms with Gasteiger partial charge in [0.15, 0.2) is 0 Å². The maximum atomic E-state index is 15.2. The SMILES string of the molecule is CCCC(NC(=O)C1[C@H]2CCC(F)(F)C2CN1C(=O)[C@@H](NC(=O)[C@H](NC(=O)c1cnccn1)C(C)C)C(C)C)C(=O)C(=O)N[C@@H](Cc1ccccc1)C(=O)O. The first kappa shape index (κ1) is 42.4. The summed E-state index contributed by atoms with van der Waals surface area (Å²) in [4.78, 5) is 102. The Morgan fingerprint density at radius 2 is 1.58 bits per heavy atom. The van der Waals surface area contributed by atoms with Gasteiger partial charge in [0, 0.05) is 37.7 Å². The van der Waals surface area contributed by atoms with Crippen LogP contribution in [-0.4, -0.2) is 104 Å². The van der Waals surface area contributed by atoms with Crippen LogP contribution in [0.4, 0.5) is 8.78 Å². The Labute approximate surface area is 317 Å². The van der Waals surface area contributed by atoms with Crippen LogP contribution in [0.3, 0.4) is 0 Å². The average Bonchev–Trinajstić information content (AvgIpc) is 3.68. The predicted molar refractivity (Wildman–Crippen MR) is 193 cm³/mol. The van der Waals surface area contributed by atoms with Crippen molar-refractivity contribution < 1.29 is 47.4 Å². The molecule has 3 unspecified atom stereocenters. The number of aliphatic carboxylic acids is 1. The number of nitrogens with zero attached hydrogens (tertiary/aromatic N) is 3. The summed E-state index contributed by atoms with van der Waals surface area (Å²) in [5.41, 5.74) is 0.555. The van der Waals surface area contributed by atoms with Crippen LogP contribution in [0.5, 0.6) is 0 Å². The molecule has 1 aromatic carbocycles. The van der Waals surface area contributed by atoms with Gasteiger partial charge in [0.2, 0.25) is 23.5 Å². The highest BCUT2D eigenvalue weighted by molar-refractivity contribution is 6.38. The van der Waals surface area contributed by atoms with E-state index in [4.69, 9.17) is 0 Å². The van der Waals surface area contributed by atoms with Gasteiger partial charge in [0.25, 0.3) is 17.7 Å². The molecular formula is C38H49F2N7O8. The van der Waals surface area contributed by atoms with Crippen LogP contribution < -0.4 is 21.3 Å². The Kier molecular flexibility index (Phi) is 14.1. The number of alkyl halides is 2. The van der Waals surface area contributed by atoms with Gasteiger partial charge in [0.05, 0.1) is 12.2 Å². The molecule has 1 aliphatic heterocycles. The van der Waals surface area contributed by atoms with E-state index >= 15 is 8.78 Å². The van der Waals surface area contributed by atoms with Crippen LogP contribution in [0.2, 0.25) is 0 Å². The number of likely N-dealkylation sites (tertiary alicyclic amines) is 1. The van der Waals surface area contributed by atoms with Crippen molar-refractivity contribution in [3.05, 3.63) is 60.2 Å². The van der Waals surface area contributed by atoms with E-state index in [2.05, 4.69) is 31.2 Å². The summed E-state index contributed by atoms with van der Waals surface area (Å²) >= 11 is 0. The van der Waals surface area contributed by atoms with Gasteiger partial charge >= 0.3 is 5.97 Å². The Hall–Kier alpha value is -5.35. The molecular weight excluding hydrogens is 720 g/mol. The zero-order valence-electron chi connectivity index (χ0n) is 31.5. The second-order valence-corrected chi connectivity index (χ2v) is 14.8. The highest BCUT2D eigenvalue weighted by Crippen LogP contribution is 2.51. The summed E-state index contributed by atoms with van der Waals surface area (Å²) in [5.74, 6) is -13.5. The van der Waals surface area contributed by atoms with Gasteiger partial charge in [-0.2, -0.15) is 0 Å². The normalized spacial score (nSPS) is 20.8. The summed E-state index contributed by atoms with van der Waals surface area (Å²) in [6, 6.07) is 1.63. The average molecular weight is 770 g/mol. The van der Waals surface area contributed by atoms with E-state index in [-0.39, 0.29) is 25.0 Å². The maximum Gasteiger partial charge on any atom is 0.326 e. The number of rotatable bonds is 17. The number of amides is 5. The largest absolute Gasteiger partial charge is 0.480 e. The number of hydrogen-bond acceptors (Lipinski definition) is 9. The van der Waals surface area contributed by atoms with Crippen molar-refractivity contribution in [3.8, 4) is 0 Å². The van der Waals surface area contributed by atoms with Gasteiger partial charge in [-0.15, -0.1) is 0 Å². The van der Waals surface area contributed by atoms with E-state index < -0.39 is 114 Å². The number of Topliss-reactive ketones (excluding diaryl/α,β-unsaturated/α-hetero) is 1. The number of halogens is 2. The number of fused-ring (bicyclic) bond motifs is 1. The van der Waals surface area contributed by atoms with Gasteiger partial charge in [0.1, 0.15) is 29.9 Å². The molecule has 55 heavy (non-hydrogen) atoms. The number of carbonyl (C=O) groups excluding carboxylic acids is 6. The summed E-state index contributed by atoms with van der Waals surface area (Å²) in [5, 5.41) is 19.7. The third kappa shape index (κ3) is 10.2. The lowest BCUT2D eigenvalue weighted by atomic mass is 9.91. The third-order valence-electron chi connectivity index (χ3n) is 10.1. The fourth-order valence-electron chi connectivity index (χ4n) is 7.18. The quantitative estimate of drug-likeness (QED) is 0.147. The standard InChI is InChI=1S/C38H49F2N7O8/c1-6-10-25(31(48)35(52)44-26(37(54)55)17-22-11-8-7-9-12-22)43-34(51)30-23-13-14-38(39,40)24(23)19-47(30)36(53)29(21(4)5)46-33(50)28(20(2)3)45-32(49)27-18-41-15-16-42-27/h7-9,11-12,15-16,18,20-21,23-26,28-30H,6,10,13-14,17,19H2,1-5H3,(H,43,51)(H,44,52)(H,45,49)(H,46,50)(H,54,55)/t23-,24?,25?,26-,28+,29-,30?/m0/s1. The van der Waals surface area contributed by atoms with Crippen LogP contribution in [0.1, 0.15) is 76.4 Å². The molecule has 0 bridgehead atoms. The molecule has 5 N–H and O–H groups in total. The fourth-order valence-corrected chi connectivity index (χ4v) is 7.18. The number of benzene rings is 1. The summed E-state index contributed by atoms with van der Waals surface area (Å²) < 4.78 is 30.4. The zero-order valence-corrected chi connectivity index (χ0v) is 31.5. The number of carbonyl (C=O) groups is 7. The number of carboxylic acid groups (broad SMARTS) is 1. The van der Waals surface area contributed by atoms with E-state index in [1.165, 1.54) is 18.6 Å². The van der Waals surface area contributed by atoms with E-state index in [1.807, 2.05) is 0 Å². The lowest BCUT2D eigenvalue weighted by Crippen LogP contribution is -2.60. The molecule has 2 aromatic rings. The fraction of sp³-hybridized carbons (Fsp3) is 0.553. The van der Waals surface area contributed by atoms with Gasteiger partial charge in [-0.05, 0) is 36.2 Å².